The highest BCUT2D eigenvalue weighted by molar-refractivity contribution is 7.86. The van der Waals surface area contributed by atoms with Crippen LogP contribution in [0.3, 0.4) is 0 Å². The van der Waals surface area contributed by atoms with Gasteiger partial charge in [0.2, 0.25) is 0 Å². The van der Waals surface area contributed by atoms with Crippen molar-refractivity contribution >= 4 is 10.1 Å². The molecule has 0 saturated carbocycles. The van der Waals surface area contributed by atoms with Crippen LogP contribution < -0.4 is 0 Å². The zero-order chi connectivity index (χ0) is 18.6. The summed E-state index contributed by atoms with van der Waals surface area (Å²) in [6.07, 6.45) is 13.2. The summed E-state index contributed by atoms with van der Waals surface area (Å²) in [5, 5.41) is 0. The van der Waals surface area contributed by atoms with Gasteiger partial charge in [-0.25, -0.2) is 0 Å². The molecule has 0 bridgehead atoms. The first-order chi connectivity index (χ1) is 11.1. The Labute approximate surface area is 151 Å². The van der Waals surface area contributed by atoms with Crippen LogP contribution in [0.1, 0.15) is 92.4 Å². The van der Waals surface area contributed by atoms with Gasteiger partial charge in [0.15, 0.2) is 0 Å². The zero-order valence-electron chi connectivity index (χ0n) is 16.8. The second-order valence-electron chi connectivity index (χ2n) is 7.81. The molecule has 0 rings (SSSR count). The molecule has 0 aromatic heterocycles. The second-order valence-corrected chi connectivity index (χ2v) is 9.41. The van der Waals surface area contributed by atoms with Crippen molar-refractivity contribution in [2.75, 3.05) is 6.26 Å². The lowest BCUT2D eigenvalue weighted by molar-refractivity contribution is 0.147. The minimum absolute atomic E-state index is 0.178. The van der Waals surface area contributed by atoms with Crippen molar-refractivity contribution in [2.24, 2.45) is 11.8 Å². The summed E-state index contributed by atoms with van der Waals surface area (Å²) >= 11 is 0. The minimum Gasteiger partial charge on any atom is -0.267 e. The minimum atomic E-state index is -3.39. The van der Waals surface area contributed by atoms with Crippen LogP contribution in [0.15, 0.2) is 11.6 Å². The number of allylic oxidation sites excluding steroid dienone is 2. The normalized spacial score (nSPS) is 15.8. The monoisotopic (exact) mass is 360 g/mol. The van der Waals surface area contributed by atoms with E-state index in [1.165, 1.54) is 37.5 Å². The van der Waals surface area contributed by atoms with Crippen molar-refractivity contribution < 1.29 is 12.6 Å². The first kappa shape index (κ1) is 23.6. The summed E-state index contributed by atoms with van der Waals surface area (Å²) in [6.45, 7) is 10.9. The average molecular weight is 361 g/mol. The maximum absolute atomic E-state index is 11.6. The van der Waals surface area contributed by atoms with Gasteiger partial charge in [-0.05, 0) is 51.4 Å². The summed E-state index contributed by atoms with van der Waals surface area (Å²) in [5.74, 6) is 0.984. The van der Waals surface area contributed by atoms with Gasteiger partial charge in [-0.15, -0.1) is 0 Å². The van der Waals surface area contributed by atoms with E-state index in [-0.39, 0.29) is 6.10 Å². The first-order valence-electron chi connectivity index (χ1n) is 9.65. The maximum atomic E-state index is 11.6. The largest absolute Gasteiger partial charge is 0.267 e. The molecule has 0 amide bonds. The smallest absolute Gasteiger partial charge is 0.264 e. The molecular weight excluding hydrogens is 320 g/mol. The average Bonchev–Trinajstić information content (AvgIpc) is 2.41. The van der Waals surface area contributed by atoms with Crippen LogP contribution in [0, 0.1) is 11.8 Å². The third kappa shape index (κ3) is 15.2. The lowest BCUT2D eigenvalue weighted by Crippen LogP contribution is -2.23. The number of hydrogen-bond acceptors (Lipinski definition) is 3. The molecule has 0 radical (unpaired) electrons. The molecule has 0 aliphatic carbocycles. The molecule has 0 aromatic carbocycles. The summed E-state index contributed by atoms with van der Waals surface area (Å²) in [4.78, 5) is 0. The van der Waals surface area contributed by atoms with E-state index in [4.69, 9.17) is 4.18 Å². The van der Waals surface area contributed by atoms with Crippen LogP contribution in [0.5, 0.6) is 0 Å². The molecular formula is C20H40O3S. The van der Waals surface area contributed by atoms with Crippen molar-refractivity contribution in [3.63, 3.8) is 0 Å². The van der Waals surface area contributed by atoms with E-state index in [1.807, 2.05) is 0 Å². The fourth-order valence-corrected chi connectivity index (χ4v) is 3.78. The third-order valence-electron chi connectivity index (χ3n) is 4.40. The third-order valence-corrected chi connectivity index (χ3v) is 5.03. The Balaban J connectivity index is 4.43. The topological polar surface area (TPSA) is 43.4 Å². The molecule has 0 fully saturated rings. The van der Waals surface area contributed by atoms with Gasteiger partial charge in [0.1, 0.15) is 0 Å². The highest BCUT2D eigenvalue weighted by Gasteiger charge is 2.21. The Morgan fingerprint density at radius 3 is 2.08 bits per heavy atom. The highest BCUT2D eigenvalue weighted by Crippen LogP contribution is 2.24. The van der Waals surface area contributed by atoms with Gasteiger partial charge in [-0.1, -0.05) is 64.5 Å². The quantitative estimate of drug-likeness (QED) is 0.213. The standard InChI is InChI=1S/C20H40O3S/c1-7-8-9-10-13-18(4)15-20(23-24(6,21)22)16-19(5)14-11-12-17(2)3/h12,18-20H,7-11,13-16H2,1-6H3/t18-,19+,20?/m1/s1. The zero-order valence-corrected chi connectivity index (χ0v) is 17.6. The molecule has 0 aromatic rings. The van der Waals surface area contributed by atoms with E-state index < -0.39 is 10.1 Å². The molecule has 0 spiro atoms. The van der Waals surface area contributed by atoms with E-state index in [9.17, 15) is 8.42 Å². The number of hydrogen-bond donors (Lipinski definition) is 0. The van der Waals surface area contributed by atoms with Crippen LogP contribution >= 0.6 is 0 Å². The SMILES string of the molecule is CCCCCC[C@@H](C)CC(C[C@@H](C)CCC=C(C)C)OS(C)(=O)=O. The molecule has 3 nitrogen and oxygen atoms in total. The van der Waals surface area contributed by atoms with Crippen molar-refractivity contribution in [2.45, 2.75) is 98.5 Å². The van der Waals surface area contributed by atoms with Gasteiger partial charge in [0.05, 0.1) is 12.4 Å². The maximum Gasteiger partial charge on any atom is 0.264 e. The molecule has 24 heavy (non-hydrogen) atoms. The number of rotatable bonds is 14. The van der Waals surface area contributed by atoms with Crippen molar-refractivity contribution in [3.05, 3.63) is 11.6 Å². The second kappa shape index (κ2) is 12.9. The summed E-state index contributed by atoms with van der Waals surface area (Å²) < 4.78 is 28.5. The van der Waals surface area contributed by atoms with Crippen molar-refractivity contribution in [1.29, 1.82) is 0 Å². The Morgan fingerprint density at radius 2 is 1.58 bits per heavy atom. The Kier molecular flexibility index (Phi) is 12.7. The van der Waals surface area contributed by atoms with Crippen LogP contribution in [-0.4, -0.2) is 20.8 Å². The van der Waals surface area contributed by atoms with Gasteiger partial charge in [0, 0.05) is 0 Å². The predicted octanol–water partition coefficient (Wildman–Crippen LogP) is 6.10. The van der Waals surface area contributed by atoms with Gasteiger partial charge < -0.3 is 0 Å². The van der Waals surface area contributed by atoms with E-state index in [1.54, 1.807) is 0 Å². The summed E-state index contributed by atoms with van der Waals surface area (Å²) in [6, 6.07) is 0. The van der Waals surface area contributed by atoms with Crippen LogP contribution in [0.25, 0.3) is 0 Å². The van der Waals surface area contributed by atoms with Crippen LogP contribution in [0.4, 0.5) is 0 Å². The van der Waals surface area contributed by atoms with Crippen molar-refractivity contribution in [3.8, 4) is 0 Å². The molecule has 144 valence electrons. The molecule has 1 unspecified atom stereocenters. The van der Waals surface area contributed by atoms with E-state index in [2.05, 4.69) is 40.7 Å². The van der Waals surface area contributed by atoms with Gasteiger partial charge in [-0.2, -0.15) is 8.42 Å². The Hall–Kier alpha value is -0.350. The van der Waals surface area contributed by atoms with Crippen LogP contribution in [0.2, 0.25) is 0 Å². The predicted molar refractivity (Wildman–Crippen MR) is 105 cm³/mol. The fourth-order valence-electron chi connectivity index (χ4n) is 3.13. The highest BCUT2D eigenvalue weighted by atomic mass is 32.2. The first-order valence-corrected chi connectivity index (χ1v) is 11.5. The Bertz CT molecular complexity index is 436. The molecule has 3 atom stereocenters. The lowest BCUT2D eigenvalue weighted by atomic mass is 9.91. The molecule has 4 heteroatoms. The van der Waals surface area contributed by atoms with Crippen molar-refractivity contribution in [1.82, 2.24) is 0 Å². The van der Waals surface area contributed by atoms with Gasteiger partial charge >= 0.3 is 0 Å². The molecule has 0 N–H and O–H groups in total. The molecule has 0 aliphatic heterocycles. The summed E-state index contributed by atoms with van der Waals surface area (Å²) in [7, 11) is -3.39. The van der Waals surface area contributed by atoms with E-state index in [0.29, 0.717) is 11.8 Å². The van der Waals surface area contributed by atoms with E-state index in [0.717, 1.165) is 32.1 Å². The number of unbranched alkanes of at least 4 members (excludes halogenated alkanes) is 3. The molecule has 0 saturated heterocycles. The lowest BCUT2D eigenvalue weighted by Gasteiger charge is -2.23. The van der Waals surface area contributed by atoms with E-state index >= 15 is 0 Å². The summed E-state index contributed by atoms with van der Waals surface area (Å²) in [5.41, 5.74) is 1.34. The van der Waals surface area contributed by atoms with Gasteiger partial charge in [0.25, 0.3) is 10.1 Å². The van der Waals surface area contributed by atoms with Gasteiger partial charge in [-0.3, -0.25) is 4.18 Å². The molecule has 0 heterocycles. The molecule has 0 aliphatic rings. The van der Waals surface area contributed by atoms with Crippen LogP contribution in [-0.2, 0) is 14.3 Å². The Morgan fingerprint density at radius 1 is 1.00 bits per heavy atom. The fraction of sp³-hybridized carbons (Fsp3) is 0.900.